The van der Waals surface area contributed by atoms with Crippen LogP contribution in [0.5, 0.6) is 0 Å². The fourth-order valence-corrected chi connectivity index (χ4v) is 1.52. The van der Waals surface area contributed by atoms with E-state index in [0.717, 1.165) is 24.6 Å². The van der Waals surface area contributed by atoms with Gasteiger partial charge in [-0.1, -0.05) is 33.8 Å². The lowest BCUT2D eigenvalue weighted by atomic mass is 10.2. The lowest BCUT2D eigenvalue weighted by Gasteiger charge is -2.06. The van der Waals surface area contributed by atoms with E-state index in [0.29, 0.717) is 0 Å². The summed E-state index contributed by atoms with van der Waals surface area (Å²) >= 11 is 0. The Labute approximate surface area is 145 Å². The third-order valence-corrected chi connectivity index (χ3v) is 3.00. The van der Waals surface area contributed by atoms with Crippen LogP contribution in [0.1, 0.15) is 51.9 Å². The van der Waals surface area contributed by atoms with Crippen molar-refractivity contribution in [1.82, 2.24) is 4.98 Å². The number of aromatic nitrogens is 1. The Bertz CT molecular complexity index is 451. The summed E-state index contributed by atoms with van der Waals surface area (Å²) in [6, 6.07) is 6.00. The van der Waals surface area contributed by atoms with Gasteiger partial charge in [-0.15, -0.1) is 0 Å². The zero-order valence-corrected chi connectivity index (χ0v) is 15.8. The first kappa shape index (κ1) is 22.2. The number of rotatable bonds is 2. The molecule has 5 nitrogen and oxygen atoms in total. The number of carbonyl (C=O) groups is 2. The van der Waals surface area contributed by atoms with E-state index >= 15 is 0 Å². The molecule has 0 aliphatic carbocycles. The Balaban J connectivity index is 0.000000352. The number of aryl methyl sites for hydroxylation is 2. The van der Waals surface area contributed by atoms with Crippen LogP contribution in [0.4, 0.5) is 0 Å². The number of hydrogen-bond donors (Lipinski definition) is 0. The van der Waals surface area contributed by atoms with Gasteiger partial charge >= 0.3 is 11.9 Å². The molecule has 1 aromatic heterocycles. The Morgan fingerprint density at radius 1 is 0.958 bits per heavy atom. The molecule has 5 heteroatoms. The van der Waals surface area contributed by atoms with Crippen molar-refractivity contribution in [2.45, 2.75) is 54.4 Å². The van der Waals surface area contributed by atoms with Crippen LogP contribution in [-0.4, -0.2) is 30.1 Å². The molecule has 136 valence electrons. The first-order valence-electron chi connectivity index (χ1n) is 8.47. The average Bonchev–Trinajstić information content (AvgIpc) is 3.06. The van der Waals surface area contributed by atoms with E-state index in [9.17, 15) is 9.59 Å². The predicted octanol–water partition coefficient (Wildman–Crippen LogP) is 3.86. The van der Waals surface area contributed by atoms with Gasteiger partial charge in [-0.3, -0.25) is 14.6 Å². The Hall–Kier alpha value is -1.75. The summed E-state index contributed by atoms with van der Waals surface area (Å²) in [7, 11) is 0. The monoisotopic (exact) mass is 337 g/mol. The predicted molar refractivity (Wildman–Crippen MR) is 94.5 cm³/mol. The number of esters is 2. The van der Waals surface area contributed by atoms with Crippen LogP contribution in [0, 0.1) is 25.7 Å². The van der Waals surface area contributed by atoms with Gasteiger partial charge in [-0.25, -0.2) is 0 Å². The molecule has 1 aromatic rings. The minimum atomic E-state index is -0.455. The van der Waals surface area contributed by atoms with E-state index in [1.807, 2.05) is 32.0 Å². The Morgan fingerprint density at radius 2 is 1.38 bits per heavy atom. The maximum atomic E-state index is 10.8. The van der Waals surface area contributed by atoms with Crippen LogP contribution in [0.15, 0.2) is 18.2 Å². The smallest absolute Gasteiger partial charge is 0.316 e. The van der Waals surface area contributed by atoms with Crippen LogP contribution >= 0.6 is 0 Å². The number of ether oxygens (including phenoxy) is 2. The van der Waals surface area contributed by atoms with E-state index < -0.39 is 11.9 Å². The number of nitrogens with zero attached hydrogens (tertiary/aromatic N) is 1. The molecule has 0 saturated carbocycles. The zero-order valence-electron chi connectivity index (χ0n) is 15.8. The molecule has 0 spiro atoms. The summed E-state index contributed by atoms with van der Waals surface area (Å²) < 4.78 is 9.44. The highest BCUT2D eigenvalue weighted by atomic mass is 16.6. The van der Waals surface area contributed by atoms with E-state index in [2.05, 4.69) is 9.72 Å². The normalized spacial score (nSPS) is 12.8. The molecule has 1 aliphatic rings. The molecule has 0 aromatic carbocycles. The Morgan fingerprint density at radius 3 is 1.58 bits per heavy atom. The average molecular weight is 337 g/mol. The maximum Gasteiger partial charge on any atom is 0.316 e. The first-order chi connectivity index (χ1) is 11.2. The lowest BCUT2D eigenvalue weighted by Crippen LogP contribution is -2.20. The van der Waals surface area contributed by atoms with E-state index in [1.54, 1.807) is 27.7 Å². The minimum absolute atomic E-state index is 0.238. The van der Waals surface area contributed by atoms with Gasteiger partial charge in [0.15, 0.2) is 0 Å². The van der Waals surface area contributed by atoms with Gasteiger partial charge < -0.3 is 9.47 Å². The van der Waals surface area contributed by atoms with Crippen molar-refractivity contribution >= 4 is 11.9 Å². The molecule has 24 heavy (non-hydrogen) atoms. The van der Waals surface area contributed by atoms with Crippen molar-refractivity contribution in [3.05, 3.63) is 29.6 Å². The largest absolute Gasteiger partial charge is 0.393 e. The quantitative estimate of drug-likeness (QED) is 0.605. The van der Waals surface area contributed by atoms with Gasteiger partial charge in [-0.2, -0.15) is 0 Å². The molecule has 0 radical (unpaired) electrons. The van der Waals surface area contributed by atoms with Crippen LogP contribution < -0.4 is 0 Å². The standard InChI is InChI=1S/C8H14O3.C7H9N.C4H8O/c1-5(2)7(9)11-8(10)6(3)4;1-6-4-3-5-7(2)8-6;1-2-4-5-3-1/h5-6H,1-4H3;3-5H,1-2H3;1-4H2. The third kappa shape index (κ3) is 11.8. The molecule has 0 unspecified atom stereocenters. The van der Waals surface area contributed by atoms with Crippen molar-refractivity contribution in [3.63, 3.8) is 0 Å². The topological polar surface area (TPSA) is 65.5 Å². The molecular weight excluding hydrogens is 306 g/mol. The van der Waals surface area contributed by atoms with E-state index in [4.69, 9.17) is 4.74 Å². The molecule has 0 bridgehead atoms. The molecule has 0 atom stereocenters. The second-order valence-electron chi connectivity index (χ2n) is 6.29. The molecule has 1 fully saturated rings. The molecule has 1 saturated heterocycles. The fraction of sp³-hybridized carbons (Fsp3) is 0.632. The van der Waals surface area contributed by atoms with Crippen LogP contribution in [0.3, 0.4) is 0 Å². The van der Waals surface area contributed by atoms with Gasteiger partial charge in [0.2, 0.25) is 0 Å². The highest BCUT2D eigenvalue weighted by molar-refractivity contribution is 5.87. The molecule has 2 heterocycles. The SMILES string of the molecule is C1CCOC1.CC(C)C(=O)OC(=O)C(C)C.Cc1cccc(C)n1. The molecule has 0 N–H and O–H groups in total. The first-order valence-corrected chi connectivity index (χ1v) is 8.47. The molecule has 1 aliphatic heterocycles. The maximum absolute atomic E-state index is 10.8. The summed E-state index contributed by atoms with van der Waals surface area (Å²) in [6.07, 6.45) is 2.56. The highest BCUT2D eigenvalue weighted by Gasteiger charge is 2.16. The second-order valence-corrected chi connectivity index (χ2v) is 6.29. The van der Waals surface area contributed by atoms with Crippen molar-refractivity contribution in [2.24, 2.45) is 11.8 Å². The second kappa shape index (κ2) is 12.6. The van der Waals surface area contributed by atoms with Gasteiger partial charge in [-0.05, 0) is 38.8 Å². The third-order valence-electron chi connectivity index (χ3n) is 3.00. The number of hydrogen-bond acceptors (Lipinski definition) is 5. The van der Waals surface area contributed by atoms with Gasteiger partial charge in [0.05, 0.1) is 11.8 Å². The zero-order chi connectivity index (χ0) is 18.5. The van der Waals surface area contributed by atoms with E-state index in [1.165, 1.54) is 12.8 Å². The summed E-state index contributed by atoms with van der Waals surface area (Å²) in [5, 5.41) is 0. The summed E-state index contributed by atoms with van der Waals surface area (Å²) in [4.78, 5) is 25.8. The van der Waals surface area contributed by atoms with Crippen molar-refractivity contribution in [3.8, 4) is 0 Å². The van der Waals surface area contributed by atoms with Gasteiger partial charge in [0.1, 0.15) is 0 Å². The summed E-state index contributed by atoms with van der Waals surface area (Å²) in [5.41, 5.74) is 2.18. The van der Waals surface area contributed by atoms with Gasteiger partial charge in [0, 0.05) is 24.6 Å². The van der Waals surface area contributed by atoms with Crippen LogP contribution in [-0.2, 0) is 19.1 Å². The van der Waals surface area contributed by atoms with Crippen LogP contribution in [0.25, 0.3) is 0 Å². The molecule has 0 amide bonds. The number of pyridine rings is 1. The fourth-order valence-electron chi connectivity index (χ4n) is 1.52. The molecule has 2 rings (SSSR count). The van der Waals surface area contributed by atoms with Crippen molar-refractivity contribution < 1.29 is 19.1 Å². The molecular formula is C19H31NO4. The summed E-state index contributed by atoms with van der Waals surface area (Å²) in [5.74, 6) is -1.39. The van der Waals surface area contributed by atoms with Crippen molar-refractivity contribution in [1.29, 1.82) is 0 Å². The lowest BCUT2D eigenvalue weighted by molar-refractivity contribution is -0.164. The number of carbonyl (C=O) groups excluding carboxylic acids is 2. The highest BCUT2D eigenvalue weighted by Crippen LogP contribution is 2.01. The van der Waals surface area contributed by atoms with Crippen LogP contribution in [0.2, 0.25) is 0 Å². The summed E-state index contributed by atoms with van der Waals surface area (Å²) in [6.45, 7) is 12.7. The van der Waals surface area contributed by atoms with E-state index in [-0.39, 0.29) is 11.8 Å². The Kier molecular flexibility index (Phi) is 11.7. The van der Waals surface area contributed by atoms with Gasteiger partial charge in [0.25, 0.3) is 0 Å². The minimum Gasteiger partial charge on any atom is -0.393 e. The van der Waals surface area contributed by atoms with Crippen molar-refractivity contribution in [2.75, 3.05) is 13.2 Å².